The molecule has 10 heteroatoms. The molecule has 8 nitrogen and oxygen atoms in total. The number of hydrazone groups is 1. The summed E-state index contributed by atoms with van der Waals surface area (Å²) >= 11 is 6.00. The molecular weight excluding hydrogens is 442 g/mol. The van der Waals surface area contributed by atoms with Crippen molar-refractivity contribution in [3.05, 3.63) is 82.9 Å². The Morgan fingerprint density at radius 3 is 2.58 bits per heavy atom. The van der Waals surface area contributed by atoms with Crippen molar-refractivity contribution in [3.8, 4) is 11.5 Å². The largest absolute Gasteiger partial charge is 0.504 e. The summed E-state index contributed by atoms with van der Waals surface area (Å²) in [5.41, 5.74) is 2.93. The van der Waals surface area contributed by atoms with E-state index in [1.54, 1.807) is 36.4 Å². The quantitative estimate of drug-likeness (QED) is 0.368. The molecule has 0 heterocycles. The Balaban J connectivity index is 1.75. The number of hydrogen-bond donors (Lipinski definition) is 3. The lowest BCUT2D eigenvalue weighted by atomic mass is 10.2. The average molecular weight is 460 g/mol. The third kappa shape index (κ3) is 5.33. The van der Waals surface area contributed by atoms with E-state index in [0.717, 1.165) is 0 Å². The van der Waals surface area contributed by atoms with E-state index in [2.05, 4.69) is 15.2 Å². The first-order chi connectivity index (χ1) is 14.8. The molecule has 0 fully saturated rings. The van der Waals surface area contributed by atoms with Gasteiger partial charge in [0.2, 0.25) is 0 Å². The Kier molecular flexibility index (Phi) is 6.78. The second kappa shape index (κ2) is 9.50. The molecular formula is C21H18ClN3O5S. The van der Waals surface area contributed by atoms with Gasteiger partial charge < -0.3 is 9.84 Å². The van der Waals surface area contributed by atoms with Crippen LogP contribution in [0, 0.1) is 0 Å². The van der Waals surface area contributed by atoms with Crippen LogP contribution < -0.4 is 14.9 Å². The van der Waals surface area contributed by atoms with Crippen molar-refractivity contribution in [2.24, 2.45) is 5.10 Å². The number of para-hydroxylation sites is 2. The monoisotopic (exact) mass is 459 g/mol. The fraction of sp³-hybridized carbons (Fsp3) is 0.0476. The lowest BCUT2D eigenvalue weighted by Crippen LogP contribution is -2.19. The molecule has 160 valence electrons. The maximum absolute atomic E-state index is 12.7. The number of ether oxygens (including phenoxy) is 1. The number of rotatable bonds is 7. The number of carbonyl (C=O) groups excluding carboxylic acids is 1. The number of sulfonamides is 1. The third-order valence-electron chi connectivity index (χ3n) is 4.14. The zero-order valence-corrected chi connectivity index (χ0v) is 17.8. The molecule has 0 aromatic heterocycles. The zero-order chi connectivity index (χ0) is 22.4. The van der Waals surface area contributed by atoms with Gasteiger partial charge in [-0.05, 0) is 42.5 Å². The van der Waals surface area contributed by atoms with Crippen molar-refractivity contribution in [2.45, 2.75) is 4.90 Å². The third-order valence-corrected chi connectivity index (χ3v) is 5.84. The van der Waals surface area contributed by atoms with Crippen LogP contribution in [0.1, 0.15) is 15.9 Å². The number of nitrogens with one attached hydrogen (secondary N) is 2. The van der Waals surface area contributed by atoms with Crippen LogP contribution in [0.15, 0.2) is 76.7 Å². The highest BCUT2D eigenvalue weighted by Gasteiger charge is 2.17. The van der Waals surface area contributed by atoms with Crippen LogP contribution in [0.3, 0.4) is 0 Å². The first-order valence-electron chi connectivity index (χ1n) is 8.88. The minimum Gasteiger partial charge on any atom is -0.504 e. The van der Waals surface area contributed by atoms with E-state index >= 15 is 0 Å². The number of nitrogens with zero attached hydrogens (tertiary/aromatic N) is 1. The van der Waals surface area contributed by atoms with E-state index in [1.165, 1.54) is 43.7 Å². The molecule has 0 aliphatic heterocycles. The molecule has 3 N–H and O–H groups in total. The molecule has 3 aromatic rings. The van der Waals surface area contributed by atoms with Crippen molar-refractivity contribution >= 4 is 39.4 Å². The normalized spacial score (nSPS) is 11.3. The van der Waals surface area contributed by atoms with Gasteiger partial charge in [0, 0.05) is 11.1 Å². The van der Waals surface area contributed by atoms with Crippen LogP contribution in [0.2, 0.25) is 5.02 Å². The number of amides is 1. The van der Waals surface area contributed by atoms with Crippen LogP contribution in [-0.4, -0.2) is 32.8 Å². The number of halogens is 1. The molecule has 0 saturated carbocycles. The summed E-state index contributed by atoms with van der Waals surface area (Å²) in [7, 11) is -2.55. The summed E-state index contributed by atoms with van der Waals surface area (Å²) in [5, 5.41) is 14.1. The van der Waals surface area contributed by atoms with E-state index in [9.17, 15) is 18.3 Å². The lowest BCUT2D eigenvalue weighted by Gasteiger charge is -2.10. The molecule has 0 radical (unpaired) electrons. The Labute approximate surface area is 184 Å². The molecule has 0 atom stereocenters. The molecule has 0 unspecified atom stereocenters. The zero-order valence-electron chi connectivity index (χ0n) is 16.2. The number of methoxy groups -OCH3 is 1. The summed E-state index contributed by atoms with van der Waals surface area (Å²) in [5.74, 6) is -0.491. The van der Waals surface area contributed by atoms with Crippen LogP contribution in [0.25, 0.3) is 0 Å². The van der Waals surface area contributed by atoms with Gasteiger partial charge in [0.15, 0.2) is 11.5 Å². The maximum Gasteiger partial charge on any atom is 0.271 e. The molecule has 0 aliphatic carbocycles. The molecule has 0 aliphatic rings. The number of anilines is 1. The van der Waals surface area contributed by atoms with Crippen LogP contribution in [0.4, 0.5) is 5.69 Å². The van der Waals surface area contributed by atoms with Gasteiger partial charge in [0.05, 0.1) is 28.9 Å². The van der Waals surface area contributed by atoms with E-state index < -0.39 is 15.9 Å². The van der Waals surface area contributed by atoms with Gasteiger partial charge in [-0.25, -0.2) is 13.8 Å². The summed E-state index contributed by atoms with van der Waals surface area (Å²) in [4.78, 5) is 12.3. The second-order valence-corrected chi connectivity index (χ2v) is 8.30. The minimum atomic E-state index is -3.97. The number of aromatic hydroxyl groups is 1. The van der Waals surface area contributed by atoms with Crippen molar-refractivity contribution in [1.29, 1.82) is 0 Å². The SMILES string of the molecule is COc1cccc(/C=N/NC(=O)c2cccc(S(=O)(=O)Nc3ccccc3Cl)c2)c1O. The number of carbonyl (C=O) groups is 1. The van der Waals surface area contributed by atoms with Gasteiger partial charge in [-0.2, -0.15) is 5.10 Å². The van der Waals surface area contributed by atoms with Gasteiger partial charge in [-0.3, -0.25) is 9.52 Å². The Hall–Kier alpha value is -3.56. The standard InChI is InChI=1S/C21H18ClN3O5S/c1-30-19-11-5-7-15(20(19)26)13-23-24-21(27)14-6-4-8-16(12-14)31(28,29)25-18-10-3-2-9-17(18)22/h2-13,25-26H,1H3,(H,24,27)/b23-13+. The average Bonchev–Trinajstić information content (AvgIpc) is 2.76. The summed E-state index contributed by atoms with van der Waals surface area (Å²) in [6, 6.07) is 16.7. The van der Waals surface area contributed by atoms with Crippen LogP contribution in [-0.2, 0) is 10.0 Å². The van der Waals surface area contributed by atoms with Gasteiger partial charge in [0.25, 0.3) is 15.9 Å². The van der Waals surface area contributed by atoms with Crippen LogP contribution in [0.5, 0.6) is 11.5 Å². The summed E-state index contributed by atoms with van der Waals surface area (Å²) in [6.45, 7) is 0. The van der Waals surface area contributed by atoms with Gasteiger partial charge >= 0.3 is 0 Å². The van der Waals surface area contributed by atoms with Gasteiger partial charge in [-0.1, -0.05) is 35.9 Å². The van der Waals surface area contributed by atoms with E-state index in [1.807, 2.05) is 0 Å². The summed E-state index contributed by atoms with van der Waals surface area (Å²) in [6.07, 6.45) is 1.25. The predicted molar refractivity (Wildman–Crippen MR) is 118 cm³/mol. The molecule has 31 heavy (non-hydrogen) atoms. The fourth-order valence-corrected chi connectivity index (χ4v) is 3.95. The molecule has 0 bridgehead atoms. The molecule has 3 rings (SSSR count). The van der Waals surface area contributed by atoms with E-state index in [-0.39, 0.29) is 32.7 Å². The van der Waals surface area contributed by atoms with E-state index in [0.29, 0.717) is 5.56 Å². The highest BCUT2D eigenvalue weighted by molar-refractivity contribution is 7.92. The first kappa shape index (κ1) is 22.1. The minimum absolute atomic E-state index is 0.0778. The Morgan fingerprint density at radius 1 is 1.10 bits per heavy atom. The van der Waals surface area contributed by atoms with Gasteiger partial charge in [0.1, 0.15) is 0 Å². The molecule has 1 amide bonds. The number of hydrogen-bond acceptors (Lipinski definition) is 6. The Morgan fingerprint density at radius 2 is 1.84 bits per heavy atom. The van der Waals surface area contributed by atoms with Crippen molar-refractivity contribution < 1.29 is 23.1 Å². The van der Waals surface area contributed by atoms with Crippen molar-refractivity contribution in [3.63, 3.8) is 0 Å². The maximum atomic E-state index is 12.7. The first-order valence-corrected chi connectivity index (χ1v) is 10.7. The Bertz CT molecular complexity index is 1250. The van der Waals surface area contributed by atoms with E-state index in [4.69, 9.17) is 16.3 Å². The molecule has 3 aromatic carbocycles. The lowest BCUT2D eigenvalue weighted by molar-refractivity contribution is 0.0955. The highest BCUT2D eigenvalue weighted by atomic mass is 35.5. The number of phenolic OH excluding ortho intramolecular Hbond substituents is 1. The predicted octanol–water partition coefficient (Wildman–Crippen LogP) is 3.62. The van der Waals surface area contributed by atoms with Crippen molar-refractivity contribution in [2.75, 3.05) is 11.8 Å². The van der Waals surface area contributed by atoms with Gasteiger partial charge in [-0.15, -0.1) is 0 Å². The van der Waals surface area contributed by atoms with Crippen molar-refractivity contribution in [1.82, 2.24) is 5.43 Å². The molecule has 0 spiro atoms. The topological polar surface area (TPSA) is 117 Å². The smallest absolute Gasteiger partial charge is 0.271 e. The van der Waals surface area contributed by atoms with Crippen LogP contribution >= 0.6 is 11.6 Å². The molecule has 0 saturated heterocycles. The number of benzene rings is 3. The number of phenols is 1. The second-order valence-electron chi connectivity index (χ2n) is 6.21. The fourth-order valence-electron chi connectivity index (χ4n) is 2.59. The highest BCUT2D eigenvalue weighted by Crippen LogP contribution is 2.28. The summed E-state index contributed by atoms with van der Waals surface area (Å²) < 4.78 is 32.7.